The van der Waals surface area contributed by atoms with E-state index in [9.17, 15) is 32.3 Å². The van der Waals surface area contributed by atoms with Crippen LogP contribution in [-0.2, 0) is 9.59 Å². The predicted octanol–water partition coefficient (Wildman–Crippen LogP) is 5.21. The number of alkyl halides is 3. The Kier molecular flexibility index (Phi) is 10.7. The number of fused-ring (bicyclic) bond motifs is 2. The Morgan fingerprint density at radius 1 is 0.845 bits per heavy atom. The first-order valence-electron chi connectivity index (χ1n) is 18.9. The normalized spacial score (nSPS) is 17.5. The molecule has 1 atom stereocenters. The van der Waals surface area contributed by atoms with Crippen LogP contribution in [0, 0.1) is 0 Å². The van der Waals surface area contributed by atoms with Crippen LogP contribution in [0.15, 0.2) is 79.1 Å². The van der Waals surface area contributed by atoms with E-state index in [1.165, 1.54) is 24.3 Å². The molecule has 3 aliphatic heterocycles. The zero-order valence-corrected chi connectivity index (χ0v) is 31.1. The quantitative estimate of drug-likeness (QED) is 0.118. The van der Waals surface area contributed by atoms with E-state index in [1.54, 1.807) is 35.1 Å². The van der Waals surface area contributed by atoms with E-state index >= 15 is 0 Å². The van der Waals surface area contributed by atoms with Crippen molar-refractivity contribution in [2.24, 2.45) is 0 Å². The van der Waals surface area contributed by atoms with Gasteiger partial charge in [0.1, 0.15) is 23.4 Å². The highest BCUT2D eigenvalue weighted by molar-refractivity contribution is 6.24. The molecule has 2 aromatic carbocycles. The first kappa shape index (κ1) is 38.3. The van der Waals surface area contributed by atoms with E-state index in [1.807, 2.05) is 24.3 Å². The van der Waals surface area contributed by atoms with E-state index in [4.69, 9.17) is 4.74 Å². The summed E-state index contributed by atoms with van der Waals surface area (Å²) in [5.41, 5.74) is 3.09. The van der Waals surface area contributed by atoms with Crippen molar-refractivity contribution in [1.82, 2.24) is 34.7 Å². The average Bonchev–Trinajstić information content (AvgIpc) is 3.74. The molecule has 3 aromatic heterocycles. The number of nitrogens with one attached hydrogen (secondary N) is 2. The Morgan fingerprint density at radius 3 is 2.40 bits per heavy atom. The lowest BCUT2D eigenvalue weighted by atomic mass is 10.0. The zero-order valence-electron chi connectivity index (χ0n) is 31.1. The Labute approximate surface area is 329 Å². The van der Waals surface area contributed by atoms with Crippen molar-refractivity contribution in [3.8, 4) is 22.8 Å². The molecular formula is C40H38F3N9O6. The molecule has 0 spiro atoms. The standard InChI is InChI=1S/C40H38F3N9O6/c41-40(42,43)58-28-11-7-25(8-12-28)30-13-10-27-24-45-39(48-52(27)30)46-26-9-15-33(44-23-26)50-20-18-49(19-21-50)17-2-1-3-22-57-32-6-4-5-29-35(32)38(56)51(37(29)55)31-14-16-34(53)47-36(31)54/h4-13,15,23-24,31H,1-3,14,16-22H2,(H,46,48)(H,47,53,54). The number of imide groups is 2. The number of hydrogen-bond donors (Lipinski definition) is 2. The molecular weight excluding hydrogens is 759 g/mol. The largest absolute Gasteiger partial charge is 0.573 e. The van der Waals surface area contributed by atoms with E-state index in [0.717, 1.165) is 62.7 Å². The lowest BCUT2D eigenvalue weighted by Crippen LogP contribution is -2.54. The Balaban J connectivity index is 0.769. The van der Waals surface area contributed by atoms with Gasteiger partial charge >= 0.3 is 6.36 Å². The number of anilines is 3. The number of hydrogen-bond acceptors (Lipinski definition) is 12. The van der Waals surface area contributed by atoms with Crippen LogP contribution in [0.5, 0.6) is 11.5 Å². The number of carbonyl (C=O) groups is 4. The molecule has 3 aliphatic rings. The molecule has 0 bridgehead atoms. The molecule has 5 aromatic rings. The van der Waals surface area contributed by atoms with Gasteiger partial charge in [0.05, 0.1) is 47.0 Å². The monoisotopic (exact) mass is 797 g/mol. The fourth-order valence-corrected chi connectivity index (χ4v) is 7.38. The smallest absolute Gasteiger partial charge is 0.493 e. The van der Waals surface area contributed by atoms with Crippen LogP contribution in [0.2, 0.25) is 0 Å². The Morgan fingerprint density at radius 2 is 1.66 bits per heavy atom. The summed E-state index contributed by atoms with van der Waals surface area (Å²) in [7, 11) is 0. The summed E-state index contributed by atoms with van der Waals surface area (Å²) in [5, 5.41) is 9.97. The molecule has 2 fully saturated rings. The summed E-state index contributed by atoms with van der Waals surface area (Å²) in [4.78, 5) is 65.0. The number of benzene rings is 2. The summed E-state index contributed by atoms with van der Waals surface area (Å²) in [6.45, 7) is 4.73. The first-order valence-corrected chi connectivity index (χ1v) is 18.9. The third-order valence-electron chi connectivity index (χ3n) is 10.3. The number of rotatable bonds is 13. The second-order valence-electron chi connectivity index (χ2n) is 14.1. The van der Waals surface area contributed by atoms with Crippen molar-refractivity contribution < 1.29 is 41.8 Å². The van der Waals surface area contributed by atoms with Gasteiger partial charge < -0.3 is 19.7 Å². The molecule has 2 N–H and O–H groups in total. The van der Waals surface area contributed by atoms with E-state index in [2.05, 4.69) is 40.2 Å². The minimum absolute atomic E-state index is 0.0574. The highest BCUT2D eigenvalue weighted by Gasteiger charge is 2.46. The lowest BCUT2D eigenvalue weighted by molar-refractivity contribution is -0.274. The summed E-state index contributed by atoms with van der Waals surface area (Å²) in [6, 6.07) is 16.9. The van der Waals surface area contributed by atoms with Crippen molar-refractivity contribution in [1.29, 1.82) is 0 Å². The fourth-order valence-electron chi connectivity index (χ4n) is 7.38. The van der Waals surface area contributed by atoms with Crippen LogP contribution >= 0.6 is 0 Å². The third-order valence-corrected chi connectivity index (χ3v) is 10.3. The number of nitrogens with zero attached hydrogens (tertiary/aromatic N) is 7. The second-order valence-corrected chi connectivity index (χ2v) is 14.1. The van der Waals surface area contributed by atoms with Crippen molar-refractivity contribution >= 4 is 46.6 Å². The summed E-state index contributed by atoms with van der Waals surface area (Å²) < 4.78 is 49.4. The predicted molar refractivity (Wildman–Crippen MR) is 204 cm³/mol. The van der Waals surface area contributed by atoms with Crippen LogP contribution in [0.3, 0.4) is 0 Å². The molecule has 0 aliphatic carbocycles. The van der Waals surface area contributed by atoms with Gasteiger partial charge in [0.15, 0.2) is 0 Å². The number of carbonyl (C=O) groups excluding carboxylic acids is 4. The van der Waals surface area contributed by atoms with Gasteiger partial charge in [-0.25, -0.2) is 14.5 Å². The number of pyridine rings is 1. The molecule has 4 amide bonds. The van der Waals surface area contributed by atoms with Gasteiger partial charge in [0.2, 0.25) is 17.8 Å². The van der Waals surface area contributed by atoms with Crippen molar-refractivity contribution in [3.05, 3.63) is 90.3 Å². The summed E-state index contributed by atoms with van der Waals surface area (Å²) in [6.07, 6.45) is 1.40. The number of ether oxygens (including phenoxy) is 2. The zero-order chi connectivity index (χ0) is 40.4. The van der Waals surface area contributed by atoms with E-state index in [0.29, 0.717) is 40.8 Å². The van der Waals surface area contributed by atoms with Gasteiger partial charge in [0.25, 0.3) is 11.8 Å². The van der Waals surface area contributed by atoms with Crippen LogP contribution in [-0.4, -0.2) is 105 Å². The number of piperidine rings is 1. The van der Waals surface area contributed by atoms with Crippen LogP contribution in [0.1, 0.15) is 52.8 Å². The molecule has 58 heavy (non-hydrogen) atoms. The lowest BCUT2D eigenvalue weighted by Gasteiger charge is -2.35. The highest BCUT2D eigenvalue weighted by Crippen LogP contribution is 2.34. The van der Waals surface area contributed by atoms with Gasteiger partial charge in [-0.05, 0) is 92.9 Å². The maximum absolute atomic E-state index is 13.3. The number of unbranched alkanes of at least 4 members (excludes halogenated alkanes) is 2. The summed E-state index contributed by atoms with van der Waals surface area (Å²) in [5.74, 6) is -1.02. The van der Waals surface area contributed by atoms with Gasteiger partial charge in [-0.15, -0.1) is 18.3 Å². The van der Waals surface area contributed by atoms with Crippen molar-refractivity contribution in [2.45, 2.75) is 44.5 Å². The van der Waals surface area contributed by atoms with Gasteiger partial charge in [-0.2, -0.15) is 0 Å². The minimum atomic E-state index is -4.76. The van der Waals surface area contributed by atoms with Crippen LogP contribution in [0.25, 0.3) is 16.8 Å². The Bertz CT molecular complexity index is 2350. The Hall–Kier alpha value is -6.56. The van der Waals surface area contributed by atoms with Crippen molar-refractivity contribution in [3.63, 3.8) is 0 Å². The molecule has 6 heterocycles. The van der Waals surface area contributed by atoms with E-state index in [-0.39, 0.29) is 29.7 Å². The second kappa shape index (κ2) is 16.1. The van der Waals surface area contributed by atoms with Gasteiger partial charge in [-0.3, -0.25) is 34.3 Å². The third kappa shape index (κ3) is 8.27. The minimum Gasteiger partial charge on any atom is -0.493 e. The number of amides is 4. The molecule has 1 unspecified atom stereocenters. The van der Waals surface area contributed by atoms with Gasteiger partial charge in [0, 0.05) is 38.2 Å². The maximum Gasteiger partial charge on any atom is 0.573 e. The molecule has 0 saturated carbocycles. The van der Waals surface area contributed by atoms with Gasteiger partial charge in [-0.1, -0.05) is 6.07 Å². The topological polar surface area (TPSA) is 164 Å². The SMILES string of the molecule is O=C1CCC(N2C(=O)c3cccc(OCCCCCN4CCN(c5ccc(Nc6ncc7ccc(-c8ccc(OC(F)(F)F)cc8)n7n6)cn5)CC4)c3C2=O)C(=O)N1. The van der Waals surface area contributed by atoms with E-state index < -0.39 is 36.0 Å². The first-order chi connectivity index (χ1) is 28.0. The van der Waals surface area contributed by atoms with Crippen LogP contribution < -0.4 is 25.0 Å². The fraction of sp³-hybridized carbons (Fsp3) is 0.325. The number of piperazine rings is 1. The number of halogens is 3. The molecule has 2 saturated heterocycles. The molecule has 8 rings (SSSR count). The molecule has 15 nitrogen and oxygen atoms in total. The summed E-state index contributed by atoms with van der Waals surface area (Å²) >= 11 is 0. The molecule has 0 radical (unpaired) electrons. The molecule has 300 valence electrons. The van der Waals surface area contributed by atoms with Crippen LogP contribution in [0.4, 0.5) is 30.6 Å². The number of aromatic nitrogens is 4. The van der Waals surface area contributed by atoms with Crippen molar-refractivity contribution in [2.75, 3.05) is 49.5 Å². The average molecular weight is 798 g/mol. The molecule has 18 heteroatoms. The maximum atomic E-state index is 13.3. The highest BCUT2D eigenvalue weighted by atomic mass is 19.4.